The molecule has 3 heterocycles. The smallest absolute Gasteiger partial charge is 0.313 e. The highest BCUT2D eigenvalue weighted by Crippen LogP contribution is 2.44. The summed E-state index contributed by atoms with van der Waals surface area (Å²) >= 11 is 0. The maximum atomic E-state index is 12.5. The van der Waals surface area contributed by atoms with E-state index in [0.29, 0.717) is 32.7 Å². The lowest BCUT2D eigenvalue weighted by Crippen LogP contribution is -2.40. The van der Waals surface area contributed by atoms with E-state index in [-0.39, 0.29) is 5.91 Å². The first kappa shape index (κ1) is 16.0. The summed E-state index contributed by atoms with van der Waals surface area (Å²) < 4.78 is 1.93. The molecule has 1 amide bonds. The number of carbonyl (C=O) groups excluding carboxylic acids is 1. The van der Waals surface area contributed by atoms with Crippen LogP contribution in [0.1, 0.15) is 25.1 Å². The fourth-order valence-electron chi connectivity index (χ4n) is 3.99. The molecule has 1 aromatic heterocycles. The largest absolute Gasteiger partial charge is 0.481 e. The number of aryl methyl sites for hydroxylation is 1. The summed E-state index contributed by atoms with van der Waals surface area (Å²) in [4.78, 5) is 28.1. The van der Waals surface area contributed by atoms with Crippen molar-refractivity contribution in [3.8, 4) is 0 Å². The van der Waals surface area contributed by atoms with Gasteiger partial charge in [-0.15, -0.1) is 0 Å². The average Bonchev–Trinajstić information content (AvgIpc) is 3.13. The van der Waals surface area contributed by atoms with Crippen LogP contribution in [0.4, 0.5) is 0 Å². The number of amides is 1. The normalized spacial score (nSPS) is 27.7. The van der Waals surface area contributed by atoms with Gasteiger partial charge in [-0.2, -0.15) is 5.10 Å². The van der Waals surface area contributed by atoms with E-state index in [9.17, 15) is 14.7 Å². The molecule has 1 aromatic rings. The van der Waals surface area contributed by atoms with Crippen molar-refractivity contribution in [1.29, 1.82) is 0 Å². The first-order valence-electron chi connectivity index (χ1n) is 8.18. The Morgan fingerprint density at radius 3 is 2.65 bits per heavy atom. The quantitative estimate of drug-likeness (QED) is 0.858. The Morgan fingerprint density at radius 2 is 2.13 bits per heavy atom. The number of hydrogen-bond acceptors (Lipinski definition) is 4. The summed E-state index contributed by atoms with van der Waals surface area (Å²) in [7, 11) is 0. The molecule has 0 aliphatic carbocycles. The molecule has 0 saturated carbocycles. The second-order valence-electron chi connectivity index (χ2n) is 6.61. The van der Waals surface area contributed by atoms with E-state index in [1.54, 1.807) is 4.90 Å². The monoisotopic (exact) mass is 320 g/mol. The van der Waals surface area contributed by atoms with Crippen LogP contribution in [0, 0.1) is 18.3 Å². The van der Waals surface area contributed by atoms with Crippen molar-refractivity contribution in [2.45, 2.75) is 33.9 Å². The Balaban J connectivity index is 1.80. The zero-order valence-electron chi connectivity index (χ0n) is 13.9. The van der Waals surface area contributed by atoms with E-state index in [1.165, 1.54) is 0 Å². The van der Waals surface area contributed by atoms with Gasteiger partial charge in [0.25, 0.3) is 0 Å². The number of aromatic nitrogens is 2. The van der Waals surface area contributed by atoms with Gasteiger partial charge in [-0.05, 0) is 20.8 Å². The standard InChI is InChI=1S/C16H24N4O3/c1-4-19-10-16(15(22)23)9-18(8-13(16)14(19)21)7-12-6-17-20(5-2)11(12)3/h6,13H,4-5,7-10H2,1-3H3,(H,22,23)/t13-,16-/m0/s1. The predicted octanol–water partition coefficient (Wildman–Crippen LogP) is 0.576. The van der Waals surface area contributed by atoms with Crippen molar-refractivity contribution in [1.82, 2.24) is 19.6 Å². The molecule has 1 N–H and O–H groups in total. The van der Waals surface area contributed by atoms with E-state index < -0.39 is 17.3 Å². The lowest BCUT2D eigenvalue weighted by atomic mass is 9.81. The minimum atomic E-state index is -0.957. The van der Waals surface area contributed by atoms with Crippen LogP contribution in [0.5, 0.6) is 0 Å². The van der Waals surface area contributed by atoms with Crippen LogP contribution in [0.25, 0.3) is 0 Å². The number of carbonyl (C=O) groups is 2. The molecule has 3 rings (SSSR count). The number of aliphatic carboxylic acids is 1. The fraction of sp³-hybridized carbons (Fsp3) is 0.688. The lowest BCUT2D eigenvalue weighted by Gasteiger charge is -2.24. The number of nitrogens with zero attached hydrogens (tertiary/aromatic N) is 4. The lowest BCUT2D eigenvalue weighted by molar-refractivity contribution is -0.149. The number of fused-ring (bicyclic) bond motifs is 1. The molecule has 7 nitrogen and oxygen atoms in total. The van der Waals surface area contributed by atoms with Crippen molar-refractivity contribution in [2.24, 2.45) is 11.3 Å². The van der Waals surface area contributed by atoms with Crippen molar-refractivity contribution >= 4 is 11.9 Å². The maximum absolute atomic E-state index is 12.5. The molecule has 126 valence electrons. The number of carboxylic acids is 1. The summed E-state index contributed by atoms with van der Waals surface area (Å²) in [6, 6.07) is 0. The van der Waals surface area contributed by atoms with E-state index in [1.807, 2.05) is 31.6 Å². The van der Waals surface area contributed by atoms with E-state index in [0.717, 1.165) is 17.8 Å². The van der Waals surface area contributed by atoms with Crippen molar-refractivity contribution in [3.63, 3.8) is 0 Å². The highest BCUT2D eigenvalue weighted by molar-refractivity contribution is 5.92. The van der Waals surface area contributed by atoms with Crippen molar-refractivity contribution in [2.75, 3.05) is 26.2 Å². The maximum Gasteiger partial charge on any atom is 0.313 e. The number of hydrogen-bond donors (Lipinski definition) is 1. The second-order valence-corrected chi connectivity index (χ2v) is 6.61. The fourth-order valence-corrected chi connectivity index (χ4v) is 3.99. The molecule has 2 atom stereocenters. The summed E-state index contributed by atoms with van der Waals surface area (Å²) in [5.41, 5.74) is 1.25. The van der Waals surface area contributed by atoms with Crippen molar-refractivity contribution < 1.29 is 14.7 Å². The van der Waals surface area contributed by atoms with Gasteiger partial charge in [0.05, 0.1) is 12.1 Å². The molecule has 0 unspecified atom stereocenters. The SMILES string of the molecule is CCN1C[C@@]2(C(=O)O)CN(Cc3cnn(CC)c3C)C[C@H]2C1=O. The number of carboxylic acid groups (broad SMARTS) is 1. The number of likely N-dealkylation sites (tertiary alicyclic amines) is 2. The van der Waals surface area contributed by atoms with Gasteiger partial charge in [0.15, 0.2) is 0 Å². The molecule has 0 bridgehead atoms. The van der Waals surface area contributed by atoms with Gasteiger partial charge in [0.2, 0.25) is 5.91 Å². The Morgan fingerprint density at radius 1 is 1.39 bits per heavy atom. The van der Waals surface area contributed by atoms with Crippen LogP contribution in [0.15, 0.2) is 6.20 Å². The molecule has 0 aromatic carbocycles. The van der Waals surface area contributed by atoms with Gasteiger partial charge in [0.1, 0.15) is 5.41 Å². The molecule has 0 spiro atoms. The van der Waals surface area contributed by atoms with Gasteiger partial charge >= 0.3 is 5.97 Å². The second kappa shape index (κ2) is 5.63. The Bertz CT molecular complexity index is 641. The molecule has 2 fully saturated rings. The highest BCUT2D eigenvalue weighted by atomic mass is 16.4. The predicted molar refractivity (Wildman–Crippen MR) is 83.7 cm³/mol. The third-order valence-electron chi connectivity index (χ3n) is 5.40. The Labute approximate surface area is 135 Å². The molecule has 2 saturated heterocycles. The summed E-state index contributed by atoms with van der Waals surface area (Å²) in [5.74, 6) is -1.30. The highest BCUT2D eigenvalue weighted by Gasteiger charge is 2.61. The van der Waals surface area contributed by atoms with E-state index >= 15 is 0 Å². The van der Waals surface area contributed by atoms with Crippen LogP contribution in [0.3, 0.4) is 0 Å². The third kappa shape index (κ3) is 2.34. The van der Waals surface area contributed by atoms with Crippen LogP contribution in [0.2, 0.25) is 0 Å². The third-order valence-corrected chi connectivity index (χ3v) is 5.40. The van der Waals surface area contributed by atoms with E-state index in [2.05, 4.69) is 10.00 Å². The van der Waals surface area contributed by atoms with Gasteiger partial charge in [-0.3, -0.25) is 19.2 Å². The van der Waals surface area contributed by atoms with Crippen LogP contribution in [-0.2, 0) is 22.7 Å². The first-order chi connectivity index (χ1) is 10.9. The summed E-state index contributed by atoms with van der Waals surface area (Å²) in [6.07, 6.45) is 1.85. The Hall–Kier alpha value is -1.89. The molecular formula is C16H24N4O3. The van der Waals surface area contributed by atoms with Gasteiger partial charge < -0.3 is 10.0 Å². The topological polar surface area (TPSA) is 78.7 Å². The zero-order chi connectivity index (χ0) is 16.8. The van der Waals surface area contributed by atoms with Crippen LogP contribution in [-0.4, -0.2) is 62.7 Å². The molecule has 7 heteroatoms. The van der Waals surface area contributed by atoms with Gasteiger partial charge in [-0.1, -0.05) is 0 Å². The molecule has 23 heavy (non-hydrogen) atoms. The minimum Gasteiger partial charge on any atom is -0.481 e. The Kier molecular flexibility index (Phi) is 3.91. The van der Waals surface area contributed by atoms with Crippen LogP contribution < -0.4 is 0 Å². The van der Waals surface area contributed by atoms with Crippen molar-refractivity contribution in [3.05, 3.63) is 17.5 Å². The van der Waals surface area contributed by atoms with Crippen LogP contribution >= 0.6 is 0 Å². The molecule has 0 radical (unpaired) electrons. The first-order valence-corrected chi connectivity index (χ1v) is 8.18. The molecule has 2 aliphatic rings. The molecular weight excluding hydrogens is 296 g/mol. The average molecular weight is 320 g/mol. The van der Waals surface area contributed by atoms with E-state index in [4.69, 9.17) is 0 Å². The zero-order valence-corrected chi connectivity index (χ0v) is 13.9. The minimum absolute atomic E-state index is 0.0154. The number of rotatable bonds is 5. The summed E-state index contributed by atoms with van der Waals surface area (Å²) in [6.45, 7) is 9.27. The van der Waals surface area contributed by atoms with Gasteiger partial charge in [-0.25, -0.2) is 0 Å². The molecule has 2 aliphatic heterocycles. The summed E-state index contributed by atoms with van der Waals surface area (Å²) in [5, 5.41) is 14.1. The van der Waals surface area contributed by atoms with Gasteiger partial charge in [0, 0.05) is 50.5 Å².